The maximum Gasteiger partial charge on any atom is 0.237 e. The minimum atomic E-state index is -3.28. The Bertz CT molecular complexity index is 284. The van der Waals surface area contributed by atoms with Crippen LogP contribution in [0.1, 0.15) is 20.3 Å². The molecule has 0 heterocycles. The molecule has 0 aliphatic heterocycles. The van der Waals surface area contributed by atoms with Crippen molar-refractivity contribution in [3.8, 4) is 0 Å². The maximum atomic E-state index is 11.5. The number of carbonyl (C=O) groups excluding carboxylic acids is 1. The van der Waals surface area contributed by atoms with Gasteiger partial charge in [-0.25, -0.2) is 8.42 Å². The molecule has 0 saturated heterocycles. The monoisotopic (exact) mass is 236 g/mol. The fraction of sp³-hybridized carbons (Fsp3) is 0.889. The summed E-state index contributed by atoms with van der Waals surface area (Å²) < 4.78 is 22.9. The molecule has 0 aromatic carbocycles. The first-order valence-electron chi connectivity index (χ1n) is 5.15. The molecule has 0 fully saturated rings. The highest BCUT2D eigenvalue weighted by molar-refractivity contribution is 7.92. The van der Waals surface area contributed by atoms with Crippen LogP contribution in [0, 0.1) is 0 Å². The summed E-state index contributed by atoms with van der Waals surface area (Å²) in [6.45, 7) is 5.07. The molecular formula is C9H20N2O3S. The van der Waals surface area contributed by atoms with Crippen LogP contribution in [-0.4, -0.2) is 50.4 Å². The first-order chi connectivity index (χ1) is 6.96. The third kappa shape index (κ3) is 5.74. The Balaban J connectivity index is 4.26. The van der Waals surface area contributed by atoms with Gasteiger partial charge in [0.15, 0.2) is 9.84 Å². The molecule has 6 heteroatoms. The van der Waals surface area contributed by atoms with Gasteiger partial charge in [0.2, 0.25) is 5.91 Å². The van der Waals surface area contributed by atoms with Gasteiger partial charge in [0.05, 0.1) is 5.75 Å². The molecule has 0 saturated carbocycles. The smallest absolute Gasteiger partial charge is 0.237 e. The Hall–Kier alpha value is -0.620. The van der Waals surface area contributed by atoms with Gasteiger partial charge in [0, 0.05) is 13.1 Å². The number of carbonyl (C=O) groups is 1. The zero-order valence-electron chi connectivity index (χ0n) is 9.40. The van der Waals surface area contributed by atoms with Crippen molar-refractivity contribution in [3.05, 3.63) is 0 Å². The lowest BCUT2D eigenvalue weighted by Crippen LogP contribution is -2.36. The summed E-state index contributed by atoms with van der Waals surface area (Å²) in [7, 11) is -3.28. The molecule has 0 radical (unpaired) electrons. The van der Waals surface area contributed by atoms with E-state index in [1.807, 2.05) is 13.8 Å². The van der Waals surface area contributed by atoms with E-state index in [4.69, 9.17) is 5.73 Å². The molecule has 0 aromatic rings. The number of hydrogen-bond acceptors (Lipinski definition) is 4. The van der Waals surface area contributed by atoms with Crippen molar-refractivity contribution in [1.29, 1.82) is 0 Å². The molecule has 0 unspecified atom stereocenters. The van der Waals surface area contributed by atoms with E-state index in [-0.39, 0.29) is 11.7 Å². The summed E-state index contributed by atoms with van der Waals surface area (Å²) >= 11 is 0. The predicted octanol–water partition coefficient (Wildman–Crippen LogP) is -0.382. The summed E-state index contributed by atoms with van der Waals surface area (Å²) in [5, 5.41) is 0. The maximum absolute atomic E-state index is 11.5. The third-order valence-corrected chi connectivity index (χ3v) is 3.72. The molecule has 0 aliphatic rings. The lowest BCUT2D eigenvalue weighted by molar-refractivity contribution is -0.128. The number of sulfone groups is 1. The molecule has 0 aromatic heterocycles. The zero-order chi connectivity index (χ0) is 11.9. The Kier molecular flexibility index (Phi) is 6.51. The summed E-state index contributed by atoms with van der Waals surface area (Å²) in [5.74, 6) is -0.720. The molecule has 0 bridgehead atoms. The van der Waals surface area contributed by atoms with E-state index in [1.54, 1.807) is 0 Å². The first kappa shape index (κ1) is 14.4. The van der Waals surface area contributed by atoms with Gasteiger partial charge in [0.25, 0.3) is 0 Å². The van der Waals surface area contributed by atoms with Crippen LogP contribution in [0.15, 0.2) is 0 Å². The Morgan fingerprint density at radius 3 is 2.20 bits per heavy atom. The number of nitrogens with zero attached hydrogens (tertiary/aromatic N) is 1. The van der Waals surface area contributed by atoms with Crippen LogP contribution in [0.4, 0.5) is 0 Å². The van der Waals surface area contributed by atoms with Crippen molar-refractivity contribution in [2.45, 2.75) is 20.3 Å². The average Bonchev–Trinajstić information content (AvgIpc) is 2.16. The van der Waals surface area contributed by atoms with Crippen LogP contribution in [0.3, 0.4) is 0 Å². The number of amides is 1. The average molecular weight is 236 g/mol. The van der Waals surface area contributed by atoms with Gasteiger partial charge in [-0.2, -0.15) is 0 Å². The minimum Gasteiger partial charge on any atom is -0.342 e. The predicted molar refractivity (Wildman–Crippen MR) is 60.3 cm³/mol. The van der Waals surface area contributed by atoms with Crippen molar-refractivity contribution in [2.24, 2.45) is 5.73 Å². The third-order valence-electron chi connectivity index (χ3n) is 2.12. The van der Waals surface area contributed by atoms with E-state index in [9.17, 15) is 13.2 Å². The molecule has 1 amide bonds. The largest absolute Gasteiger partial charge is 0.342 e. The Labute approximate surface area is 91.5 Å². The van der Waals surface area contributed by atoms with Crippen molar-refractivity contribution in [1.82, 2.24) is 4.90 Å². The van der Waals surface area contributed by atoms with E-state index in [0.29, 0.717) is 26.1 Å². The van der Waals surface area contributed by atoms with E-state index in [2.05, 4.69) is 0 Å². The number of hydrogen-bond donors (Lipinski definition) is 1. The second kappa shape index (κ2) is 6.79. The van der Waals surface area contributed by atoms with Gasteiger partial charge in [-0.05, 0) is 26.8 Å². The van der Waals surface area contributed by atoms with E-state index >= 15 is 0 Å². The molecule has 2 N–H and O–H groups in total. The van der Waals surface area contributed by atoms with Gasteiger partial charge < -0.3 is 10.6 Å². The minimum absolute atomic E-state index is 0.00346. The van der Waals surface area contributed by atoms with Crippen molar-refractivity contribution < 1.29 is 13.2 Å². The lowest BCUT2D eigenvalue weighted by atomic mass is 10.5. The van der Waals surface area contributed by atoms with Crippen LogP contribution >= 0.6 is 0 Å². The van der Waals surface area contributed by atoms with Crippen LogP contribution in [0.25, 0.3) is 0 Å². The van der Waals surface area contributed by atoms with Crippen LogP contribution in [0.2, 0.25) is 0 Å². The van der Waals surface area contributed by atoms with E-state index < -0.39 is 15.6 Å². The Morgan fingerprint density at radius 2 is 1.80 bits per heavy atom. The molecule has 15 heavy (non-hydrogen) atoms. The van der Waals surface area contributed by atoms with Gasteiger partial charge in [-0.3, -0.25) is 4.79 Å². The fourth-order valence-corrected chi connectivity index (χ4v) is 2.54. The topological polar surface area (TPSA) is 80.5 Å². The van der Waals surface area contributed by atoms with Gasteiger partial charge in [-0.15, -0.1) is 0 Å². The fourth-order valence-electron chi connectivity index (χ4n) is 1.23. The number of rotatable bonds is 7. The van der Waals surface area contributed by atoms with Crippen LogP contribution < -0.4 is 5.73 Å². The second-order valence-corrected chi connectivity index (χ2v) is 5.48. The first-order valence-corrected chi connectivity index (χ1v) is 6.97. The Morgan fingerprint density at radius 1 is 1.27 bits per heavy atom. The molecular weight excluding hydrogens is 216 g/mol. The standard InChI is InChI=1S/C9H20N2O3S/c1-3-11(4-2)9(12)8-15(13,14)7-5-6-10/h3-8,10H2,1-2H3. The van der Waals surface area contributed by atoms with Crippen molar-refractivity contribution >= 4 is 15.7 Å². The van der Waals surface area contributed by atoms with Crippen LogP contribution in [0.5, 0.6) is 0 Å². The van der Waals surface area contributed by atoms with E-state index in [1.165, 1.54) is 4.90 Å². The highest BCUT2D eigenvalue weighted by Crippen LogP contribution is 1.98. The highest BCUT2D eigenvalue weighted by Gasteiger charge is 2.19. The van der Waals surface area contributed by atoms with Crippen LogP contribution in [-0.2, 0) is 14.6 Å². The highest BCUT2D eigenvalue weighted by atomic mass is 32.2. The molecule has 0 spiro atoms. The summed E-state index contributed by atoms with van der Waals surface area (Å²) in [6, 6.07) is 0. The summed E-state index contributed by atoms with van der Waals surface area (Å²) in [4.78, 5) is 13.0. The molecule has 0 rings (SSSR count). The normalized spacial score (nSPS) is 11.4. The SMILES string of the molecule is CCN(CC)C(=O)CS(=O)(=O)CCCN. The molecule has 0 aliphatic carbocycles. The summed E-state index contributed by atoms with van der Waals surface area (Å²) in [5.41, 5.74) is 5.22. The van der Waals surface area contributed by atoms with E-state index in [0.717, 1.165) is 0 Å². The second-order valence-electron chi connectivity index (χ2n) is 3.30. The van der Waals surface area contributed by atoms with Gasteiger partial charge in [0.1, 0.15) is 5.75 Å². The van der Waals surface area contributed by atoms with Crippen molar-refractivity contribution in [3.63, 3.8) is 0 Å². The molecule has 5 nitrogen and oxygen atoms in total. The summed E-state index contributed by atoms with van der Waals surface area (Å²) in [6.07, 6.45) is 0.411. The lowest BCUT2D eigenvalue weighted by Gasteiger charge is -2.18. The van der Waals surface area contributed by atoms with Gasteiger partial charge >= 0.3 is 0 Å². The zero-order valence-corrected chi connectivity index (χ0v) is 10.2. The molecule has 90 valence electrons. The quantitative estimate of drug-likeness (QED) is 0.653. The van der Waals surface area contributed by atoms with Crippen molar-refractivity contribution in [2.75, 3.05) is 31.1 Å². The number of nitrogens with two attached hydrogens (primary N) is 1. The van der Waals surface area contributed by atoms with Gasteiger partial charge in [-0.1, -0.05) is 0 Å². The molecule has 0 atom stereocenters.